The molecule has 0 atom stereocenters. The van der Waals surface area contributed by atoms with E-state index in [9.17, 15) is 24.5 Å². The van der Waals surface area contributed by atoms with Crippen molar-refractivity contribution in [1.29, 1.82) is 0 Å². The number of benzene rings is 3. The highest BCUT2D eigenvalue weighted by atomic mass is 35.5. The van der Waals surface area contributed by atoms with E-state index in [1.165, 1.54) is 24.3 Å². The standard InChI is InChI=1S/C27H16ClN3O6/c28-22-13-11-17(15-23(22)31(35)36)24-14-12-20(37-24)16-21-25(32)29(18-7-3-1-4-8-18)27(34)30(26(21)33)19-9-5-2-6-10-19/h1-16H. The van der Waals surface area contributed by atoms with Crippen molar-refractivity contribution in [2.75, 3.05) is 9.80 Å². The number of para-hydroxylation sites is 2. The lowest BCUT2D eigenvalue weighted by atomic mass is 10.1. The highest BCUT2D eigenvalue weighted by molar-refractivity contribution is 6.46. The zero-order valence-electron chi connectivity index (χ0n) is 18.9. The Morgan fingerprint density at radius 1 is 0.784 bits per heavy atom. The van der Waals surface area contributed by atoms with Crippen LogP contribution in [0.2, 0.25) is 5.02 Å². The van der Waals surface area contributed by atoms with Crippen LogP contribution < -0.4 is 9.80 Å². The van der Waals surface area contributed by atoms with Gasteiger partial charge >= 0.3 is 6.03 Å². The van der Waals surface area contributed by atoms with E-state index in [1.54, 1.807) is 72.8 Å². The maximum absolute atomic E-state index is 13.4. The van der Waals surface area contributed by atoms with Gasteiger partial charge in [-0.2, -0.15) is 0 Å². The molecule has 37 heavy (non-hydrogen) atoms. The minimum absolute atomic E-state index is 0.0206. The number of hydrogen-bond acceptors (Lipinski definition) is 6. The van der Waals surface area contributed by atoms with E-state index in [1.807, 2.05) is 0 Å². The second-order valence-corrected chi connectivity index (χ2v) is 8.33. The van der Waals surface area contributed by atoms with Gasteiger partial charge in [0.25, 0.3) is 17.5 Å². The number of carbonyl (C=O) groups excluding carboxylic acids is 3. The van der Waals surface area contributed by atoms with Crippen LogP contribution in [0.5, 0.6) is 0 Å². The number of furan rings is 1. The Balaban J connectivity index is 1.57. The van der Waals surface area contributed by atoms with Gasteiger partial charge in [-0.05, 0) is 54.6 Å². The van der Waals surface area contributed by atoms with Crippen LogP contribution in [0.3, 0.4) is 0 Å². The van der Waals surface area contributed by atoms with Gasteiger partial charge in [-0.1, -0.05) is 48.0 Å². The third-order valence-electron chi connectivity index (χ3n) is 5.62. The minimum atomic E-state index is -0.812. The fourth-order valence-corrected chi connectivity index (χ4v) is 4.06. The number of carbonyl (C=O) groups is 3. The van der Waals surface area contributed by atoms with Crippen molar-refractivity contribution in [3.05, 3.63) is 117 Å². The van der Waals surface area contributed by atoms with Crippen molar-refractivity contribution in [1.82, 2.24) is 0 Å². The lowest BCUT2D eigenvalue weighted by Crippen LogP contribution is -2.57. The summed E-state index contributed by atoms with van der Waals surface area (Å²) in [5.41, 5.74) is 0.392. The van der Waals surface area contributed by atoms with Crippen molar-refractivity contribution >= 4 is 52.6 Å². The molecule has 5 rings (SSSR count). The summed E-state index contributed by atoms with van der Waals surface area (Å²) in [5.74, 6) is -1.22. The number of amides is 4. The molecule has 0 radical (unpaired) electrons. The second kappa shape index (κ2) is 9.56. The summed E-state index contributed by atoms with van der Waals surface area (Å²) in [6, 6.07) is 23.0. The van der Waals surface area contributed by atoms with Gasteiger partial charge in [-0.3, -0.25) is 19.7 Å². The number of barbiturate groups is 1. The molecule has 3 aromatic carbocycles. The van der Waals surface area contributed by atoms with Crippen LogP contribution in [0.25, 0.3) is 17.4 Å². The molecule has 0 unspecified atom stereocenters. The van der Waals surface area contributed by atoms with Gasteiger partial charge in [0.05, 0.1) is 16.3 Å². The summed E-state index contributed by atoms with van der Waals surface area (Å²) in [4.78, 5) is 52.7. The van der Waals surface area contributed by atoms with E-state index in [0.717, 1.165) is 9.80 Å². The number of imide groups is 2. The largest absolute Gasteiger partial charge is 0.457 e. The first-order valence-electron chi connectivity index (χ1n) is 10.9. The van der Waals surface area contributed by atoms with Crippen LogP contribution in [0.4, 0.5) is 21.9 Å². The van der Waals surface area contributed by atoms with Crippen molar-refractivity contribution in [2.45, 2.75) is 0 Å². The number of urea groups is 1. The maximum Gasteiger partial charge on any atom is 0.343 e. The predicted octanol–water partition coefficient (Wildman–Crippen LogP) is 6.09. The molecular formula is C27H16ClN3O6. The topological polar surface area (TPSA) is 114 Å². The number of anilines is 2. The molecule has 10 heteroatoms. The molecule has 0 N–H and O–H groups in total. The van der Waals surface area contributed by atoms with Gasteiger partial charge < -0.3 is 4.42 Å². The molecule has 1 aliphatic heterocycles. The summed E-state index contributed by atoms with van der Waals surface area (Å²) in [7, 11) is 0. The van der Waals surface area contributed by atoms with Crippen molar-refractivity contribution in [3.8, 4) is 11.3 Å². The quantitative estimate of drug-likeness (QED) is 0.138. The fourth-order valence-electron chi connectivity index (χ4n) is 3.87. The molecule has 1 saturated heterocycles. The molecular weight excluding hydrogens is 498 g/mol. The SMILES string of the molecule is O=C1C(=Cc2ccc(-c3ccc(Cl)c([N+](=O)[O-])c3)o2)C(=O)N(c2ccccc2)C(=O)N1c1ccccc1. The summed E-state index contributed by atoms with van der Waals surface area (Å²) >= 11 is 5.89. The molecule has 0 saturated carbocycles. The maximum atomic E-state index is 13.4. The summed E-state index contributed by atoms with van der Waals surface area (Å²) in [6.07, 6.45) is 1.25. The van der Waals surface area contributed by atoms with Crippen LogP contribution >= 0.6 is 11.6 Å². The van der Waals surface area contributed by atoms with Crippen molar-refractivity contribution in [3.63, 3.8) is 0 Å². The third-order valence-corrected chi connectivity index (χ3v) is 5.94. The molecule has 0 spiro atoms. The Labute approximate surface area is 214 Å². The first-order valence-corrected chi connectivity index (χ1v) is 11.3. The Morgan fingerprint density at radius 3 is 1.89 bits per heavy atom. The van der Waals surface area contributed by atoms with Crippen molar-refractivity contribution < 1.29 is 23.7 Å². The number of halogens is 1. The predicted molar refractivity (Wildman–Crippen MR) is 137 cm³/mol. The van der Waals surface area contributed by atoms with Crippen molar-refractivity contribution in [2.24, 2.45) is 0 Å². The van der Waals surface area contributed by atoms with Gasteiger partial charge in [0, 0.05) is 11.6 Å². The summed E-state index contributed by atoms with van der Waals surface area (Å²) in [5, 5.41) is 11.2. The number of hydrogen-bond donors (Lipinski definition) is 0. The number of nitrogens with zero attached hydrogens (tertiary/aromatic N) is 3. The normalized spacial score (nSPS) is 13.8. The van der Waals surface area contributed by atoms with Gasteiger partial charge in [0.1, 0.15) is 22.1 Å². The van der Waals surface area contributed by atoms with Crippen LogP contribution in [0.15, 0.2) is 101 Å². The zero-order chi connectivity index (χ0) is 26.1. The molecule has 0 aliphatic carbocycles. The van der Waals surface area contributed by atoms with Gasteiger partial charge in [-0.25, -0.2) is 14.6 Å². The van der Waals surface area contributed by atoms with Crippen LogP contribution in [0, 0.1) is 10.1 Å². The fraction of sp³-hybridized carbons (Fsp3) is 0. The van der Waals surface area contributed by atoms with E-state index >= 15 is 0 Å². The lowest BCUT2D eigenvalue weighted by molar-refractivity contribution is -0.384. The highest BCUT2D eigenvalue weighted by Crippen LogP contribution is 2.33. The van der Waals surface area contributed by atoms with E-state index < -0.39 is 22.8 Å². The van der Waals surface area contributed by atoms with E-state index in [2.05, 4.69) is 0 Å². The van der Waals surface area contributed by atoms with Crippen LogP contribution in [0.1, 0.15) is 5.76 Å². The molecule has 182 valence electrons. The zero-order valence-corrected chi connectivity index (χ0v) is 19.7. The molecule has 4 amide bonds. The summed E-state index contributed by atoms with van der Waals surface area (Å²) in [6.45, 7) is 0. The van der Waals surface area contributed by atoms with Crippen LogP contribution in [-0.4, -0.2) is 22.8 Å². The average molecular weight is 514 g/mol. The number of nitro groups is 1. The molecule has 1 aromatic heterocycles. The Morgan fingerprint density at radius 2 is 1.35 bits per heavy atom. The number of rotatable bonds is 5. The highest BCUT2D eigenvalue weighted by Gasteiger charge is 2.43. The molecule has 4 aromatic rings. The monoisotopic (exact) mass is 513 g/mol. The Hall–Kier alpha value is -5.02. The van der Waals surface area contributed by atoms with Gasteiger partial charge in [0.2, 0.25) is 0 Å². The smallest absolute Gasteiger partial charge is 0.343 e. The van der Waals surface area contributed by atoms with E-state index in [0.29, 0.717) is 16.9 Å². The Bertz CT molecular complexity index is 1520. The first-order chi connectivity index (χ1) is 17.8. The average Bonchev–Trinajstić information content (AvgIpc) is 3.37. The van der Waals surface area contributed by atoms with E-state index in [4.69, 9.17) is 16.0 Å². The van der Waals surface area contributed by atoms with Crippen LogP contribution in [-0.2, 0) is 9.59 Å². The first kappa shape index (κ1) is 23.7. The lowest BCUT2D eigenvalue weighted by Gasteiger charge is -2.33. The minimum Gasteiger partial charge on any atom is -0.457 e. The number of nitro benzene ring substituents is 1. The molecule has 9 nitrogen and oxygen atoms in total. The van der Waals surface area contributed by atoms with Gasteiger partial charge in [0.15, 0.2) is 0 Å². The molecule has 0 bridgehead atoms. The summed E-state index contributed by atoms with van der Waals surface area (Å²) < 4.78 is 5.78. The third kappa shape index (κ3) is 4.39. The Kier molecular flexibility index (Phi) is 6.12. The second-order valence-electron chi connectivity index (χ2n) is 7.92. The van der Waals surface area contributed by atoms with E-state index in [-0.39, 0.29) is 27.8 Å². The molecule has 1 aliphatic rings. The molecule has 1 fully saturated rings. The van der Waals surface area contributed by atoms with Gasteiger partial charge in [-0.15, -0.1) is 0 Å². The molecule has 2 heterocycles.